The van der Waals surface area contributed by atoms with Gasteiger partial charge in [0.1, 0.15) is 5.82 Å². The fraction of sp³-hybridized carbons (Fsp3) is 0.318. The van der Waals surface area contributed by atoms with Gasteiger partial charge in [-0.2, -0.15) is 5.26 Å². The average Bonchev–Trinajstić information content (AvgIpc) is 3.20. The Labute approximate surface area is 175 Å². The van der Waals surface area contributed by atoms with Gasteiger partial charge in [0.25, 0.3) is 0 Å². The van der Waals surface area contributed by atoms with Crippen LogP contribution >= 0.6 is 11.3 Å². The van der Waals surface area contributed by atoms with Crippen molar-refractivity contribution in [2.45, 2.75) is 18.9 Å². The minimum Gasteiger partial charge on any atom is -0.363 e. The molecule has 3 aromatic rings. The molecule has 0 unspecified atom stereocenters. The van der Waals surface area contributed by atoms with E-state index in [-0.39, 0.29) is 6.04 Å². The highest BCUT2D eigenvalue weighted by atomic mass is 32.1. The van der Waals surface area contributed by atoms with E-state index in [9.17, 15) is 0 Å². The number of benzene rings is 1. The van der Waals surface area contributed by atoms with Crippen molar-refractivity contribution in [3.63, 3.8) is 0 Å². The van der Waals surface area contributed by atoms with Crippen molar-refractivity contribution in [1.82, 2.24) is 9.97 Å². The van der Waals surface area contributed by atoms with Crippen LogP contribution in [0.25, 0.3) is 21.7 Å². The molecule has 1 aliphatic rings. The van der Waals surface area contributed by atoms with E-state index in [4.69, 9.17) is 16.0 Å². The molecular weight excluding hydrogens is 380 g/mol. The van der Waals surface area contributed by atoms with Crippen LogP contribution in [0.5, 0.6) is 0 Å². The van der Waals surface area contributed by atoms with Crippen LogP contribution < -0.4 is 15.5 Å². The molecule has 4 rings (SSSR count). The van der Waals surface area contributed by atoms with Crippen LogP contribution in [-0.4, -0.2) is 43.2 Å². The molecule has 29 heavy (non-hydrogen) atoms. The maximum Gasteiger partial charge on any atom is 0.186 e. The molecule has 7 heteroatoms. The SMILES string of the molecule is CN(C)c1ccc(-c2sc(N3CCC(N)CC3)nc2-c2ccc(C#N)cc2)cn1. The Kier molecular flexibility index (Phi) is 5.47. The molecule has 0 bridgehead atoms. The van der Waals surface area contributed by atoms with E-state index < -0.39 is 0 Å². The highest BCUT2D eigenvalue weighted by Gasteiger charge is 2.22. The van der Waals surface area contributed by atoms with Crippen LogP contribution in [0.1, 0.15) is 18.4 Å². The number of aromatic nitrogens is 2. The summed E-state index contributed by atoms with van der Waals surface area (Å²) in [4.78, 5) is 15.0. The summed E-state index contributed by atoms with van der Waals surface area (Å²) in [5, 5.41) is 10.1. The summed E-state index contributed by atoms with van der Waals surface area (Å²) in [6.45, 7) is 1.86. The Morgan fingerprint density at radius 3 is 2.38 bits per heavy atom. The summed E-state index contributed by atoms with van der Waals surface area (Å²) in [5.74, 6) is 0.920. The lowest BCUT2D eigenvalue weighted by Crippen LogP contribution is -2.39. The lowest BCUT2D eigenvalue weighted by atomic mass is 10.1. The van der Waals surface area contributed by atoms with Crippen LogP contribution in [0.4, 0.5) is 10.9 Å². The first-order valence-corrected chi connectivity index (χ1v) is 10.5. The molecule has 2 aromatic heterocycles. The Bertz CT molecular complexity index is 1010. The van der Waals surface area contributed by atoms with E-state index in [0.717, 1.165) is 58.6 Å². The molecule has 0 spiro atoms. The minimum atomic E-state index is 0.284. The second-order valence-electron chi connectivity index (χ2n) is 7.49. The van der Waals surface area contributed by atoms with Crippen LogP contribution in [0.15, 0.2) is 42.6 Å². The van der Waals surface area contributed by atoms with Gasteiger partial charge in [-0.15, -0.1) is 0 Å². The van der Waals surface area contributed by atoms with Crippen molar-refractivity contribution in [3.05, 3.63) is 48.2 Å². The summed E-state index contributed by atoms with van der Waals surface area (Å²) in [6, 6.07) is 14.2. The number of pyridine rings is 1. The third-order valence-electron chi connectivity index (χ3n) is 5.18. The van der Waals surface area contributed by atoms with Gasteiger partial charge in [0, 0.05) is 50.6 Å². The zero-order valence-corrected chi connectivity index (χ0v) is 17.5. The Morgan fingerprint density at radius 2 is 1.79 bits per heavy atom. The maximum absolute atomic E-state index is 9.11. The van der Waals surface area contributed by atoms with Crippen molar-refractivity contribution >= 4 is 22.3 Å². The number of nitrogens with zero attached hydrogens (tertiary/aromatic N) is 5. The minimum absolute atomic E-state index is 0.284. The monoisotopic (exact) mass is 404 g/mol. The number of nitrogens with two attached hydrogens (primary N) is 1. The topological polar surface area (TPSA) is 82.1 Å². The molecule has 1 aliphatic heterocycles. The molecule has 6 nitrogen and oxygen atoms in total. The molecule has 1 fully saturated rings. The summed E-state index contributed by atoms with van der Waals surface area (Å²) in [5.41, 5.74) is 9.71. The summed E-state index contributed by atoms with van der Waals surface area (Å²) < 4.78 is 0. The predicted molar refractivity (Wildman–Crippen MR) is 119 cm³/mol. The Morgan fingerprint density at radius 1 is 1.10 bits per heavy atom. The summed E-state index contributed by atoms with van der Waals surface area (Å²) in [7, 11) is 3.96. The third-order valence-corrected chi connectivity index (χ3v) is 6.35. The zero-order chi connectivity index (χ0) is 20.4. The second kappa shape index (κ2) is 8.19. The van der Waals surface area contributed by atoms with Crippen LogP contribution in [-0.2, 0) is 0 Å². The number of piperidine rings is 1. The van der Waals surface area contributed by atoms with E-state index >= 15 is 0 Å². The van der Waals surface area contributed by atoms with E-state index in [1.54, 1.807) is 11.3 Å². The van der Waals surface area contributed by atoms with Gasteiger partial charge >= 0.3 is 0 Å². The number of hydrogen-bond donors (Lipinski definition) is 1. The Balaban J connectivity index is 1.75. The predicted octanol–water partition coefficient (Wildman–Crippen LogP) is 3.74. The third kappa shape index (κ3) is 4.09. The summed E-state index contributed by atoms with van der Waals surface area (Å²) in [6.07, 6.45) is 3.88. The van der Waals surface area contributed by atoms with Gasteiger partial charge in [-0.1, -0.05) is 23.5 Å². The first kappa shape index (κ1) is 19.4. The number of rotatable bonds is 4. The molecule has 1 saturated heterocycles. The van der Waals surface area contributed by atoms with Crippen LogP contribution in [0.2, 0.25) is 0 Å². The molecule has 0 radical (unpaired) electrons. The average molecular weight is 405 g/mol. The maximum atomic E-state index is 9.11. The first-order chi connectivity index (χ1) is 14.0. The number of anilines is 2. The van der Waals surface area contributed by atoms with Gasteiger partial charge in [-0.25, -0.2) is 9.97 Å². The summed E-state index contributed by atoms with van der Waals surface area (Å²) >= 11 is 1.69. The zero-order valence-electron chi connectivity index (χ0n) is 16.7. The largest absolute Gasteiger partial charge is 0.363 e. The first-order valence-electron chi connectivity index (χ1n) is 9.71. The second-order valence-corrected chi connectivity index (χ2v) is 8.46. The fourth-order valence-corrected chi connectivity index (χ4v) is 4.54. The lowest BCUT2D eigenvalue weighted by Gasteiger charge is -2.29. The van der Waals surface area contributed by atoms with E-state index in [0.29, 0.717) is 5.56 Å². The molecule has 1 aromatic carbocycles. The van der Waals surface area contributed by atoms with Crippen molar-refractivity contribution in [3.8, 4) is 27.8 Å². The van der Waals surface area contributed by atoms with E-state index in [1.165, 1.54) is 0 Å². The van der Waals surface area contributed by atoms with Gasteiger partial charge < -0.3 is 15.5 Å². The van der Waals surface area contributed by atoms with Crippen molar-refractivity contribution in [2.75, 3.05) is 37.0 Å². The number of thiazole rings is 1. The quantitative estimate of drug-likeness (QED) is 0.713. The molecule has 0 aliphatic carbocycles. The highest BCUT2D eigenvalue weighted by Crippen LogP contribution is 2.41. The van der Waals surface area contributed by atoms with Crippen molar-refractivity contribution < 1.29 is 0 Å². The number of nitriles is 1. The fourth-order valence-electron chi connectivity index (χ4n) is 3.41. The lowest BCUT2D eigenvalue weighted by molar-refractivity contribution is 0.501. The molecule has 0 atom stereocenters. The van der Waals surface area contributed by atoms with Gasteiger partial charge in [-0.3, -0.25) is 0 Å². The Hall–Kier alpha value is -2.95. The number of hydrogen-bond acceptors (Lipinski definition) is 7. The standard InChI is InChI=1S/C22H24N6S/c1-27(2)19-8-7-17(14-25-19)21-20(16-5-3-15(13-23)4-6-16)26-22(29-21)28-11-9-18(24)10-12-28/h3-8,14,18H,9-12,24H2,1-2H3. The highest BCUT2D eigenvalue weighted by molar-refractivity contribution is 7.19. The molecule has 0 amide bonds. The van der Waals surface area contributed by atoms with Crippen molar-refractivity contribution in [2.24, 2.45) is 5.73 Å². The smallest absolute Gasteiger partial charge is 0.186 e. The van der Waals surface area contributed by atoms with Crippen LogP contribution in [0.3, 0.4) is 0 Å². The van der Waals surface area contributed by atoms with E-state index in [1.807, 2.05) is 55.5 Å². The molecule has 0 saturated carbocycles. The molecule has 148 valence electrons. The van der Waals surface area contributed by atoms with Gasteiger partial charge in [0.05, 0.1) is 22.2 Å². The van der Waals surface area contributed by atoms with Gasteiger partial charge in [-0.05, 0) is 37.1 Å². The van der Waals surface area contributed by atoms with Crippen LogP contribution in [0, 0.1) is 11.3 Å². The van der Waals surface area contributed by atoms with Gasteiger partial charge in [0.2, 0.25) is 0 Å². The van der Waals surface area contributed by atoms with E-state index in [2.05, 4.69) is 22.0 Å². The van der Waals surface area contributed by atoms with Gasteiger partial charge in [0.15, 0.2) is 5.13 Å². The van der Waals surface area contributed by atoms with Crippen molar-refractivity contribution in [1.29, 1.82) is 5.26 Å². The molecule has 2 N–H and O–H groups in total. The molecule has 3 heterocycles. The molecular formula is C22H24N6S. The normalized spacial score (nSPS) is 14.6.